The second-order valence-corrected chi connectivity index (χ2v) is 5.65. The minimum atomic E-state index is -1.18. The first-order valence-electron chi connectivity index (χ1n) is 7.51. The molecule has 8 heteroatoms. The van der Waals surface area contributed by atoms with E-state index in [9.17, 15) is 9.59 Å². The van der Waals surface area contributed by atoms with Crippen LogP contribution in [-0.2, 0) is 11.2 Å². The van der Waals surface area contributed by atoms with Gasteiger partial charge in [0.05, 0.1) is 38.5 Å². The summed E-state index contributed by atoms with van der Waals surface area (Å²) in [5.41, 5.74) is 0.828. The quantitative estimate of drug-likeness (QED) is 0.767. The first-order valence-corrected chi connectivity index (χ1v) is 7.89. The van der Waals surface area contributed by atoms with Crippen LogP contribution < -0.4 is 19.5 Å². The number of anilines is 1. The minimum absolute atomic E-state index is 0.0342. The third kappa shape index (κ3) is 4.37. The minimum Gasteiger partial charge on any atom is -0.497 e. The standard InChI is InChI=1S/C18H18ClNO6/c1-24-11-5-4-10(15(7-11)25-2)6-17(21)20-14-9-16(26-3)12(18(22)23)8-13(14)19/h4-5,7-9H,6H2,1-3H3,(H,20,21)(H,22,23). The number of carbonyl (C=O) groups excluding carboxylic acids is 1. The molecule has 0 aliphatic heterocycles. The van der Waals surface area contributed by atoms with E-state index < -0.39 is 5.97 Å². The van der Waals surface area contributed by atoms with E-state index in [0.29, 0.717) is 17.1 Å². The molecule has 0 atom stereocenters. The van der Waals surface area contributed by atoms with Gasteiger partial charge >= 0.3 is 5.97 Å². The molecule has 2 aromatic rings. The Bertz CT molecular complexity index is 837. The van der Waals surface area contributed by atoms with E-state index in [4.69, 9.17) is 30.9 Å². The van der Waals surface area contributed by atoms with Crippen molar-refractivity contribution < 1.29 is 28.9 Å². The number of aromatic carboxylic acids is 1. The van der Waals surface area contributed by atoms with Crippen LogP contribution in [0, 0.1) is 0 Å². The van der Waals surface area contributed by atoms with Crippen LogP contribution in [0.2, 0.25) is 5.02 Å². The van der Waals surface area contributed by atoms with Gasteiger partial charge in [0.15, 0.2) is 0 Å². The van der Waals surface area contributed by atoms with Gasteiger partial charge in [0.1, 0.15) is 22.8 Å². The first kappa shape index (κ1) is 19.4. The monoisotopic (exact) mass is 379 g/mol. The number of methoxy groups -OCH3 is 3. The molecule has 0 heterocycles. The van der Waals surface area contributed by atoms with Crippen molar-refractivity contribution in [2.45, 2.75) is 6.42 Å². The van der Waals surface area contributed by atoms with E-state index in [1.165, 1.54) is 33.5 Å². The molecule has 1 amide bonds. The van der Waals surface area contributed by atoms with Crippen molar-refractivity contribution in [1.29, 1.82) is 0 Å². The maximum atomic E-state index is 12.4. The van der Waals surface area contributed by atoms with Crippen LogP contribution in [0.25, 0.3) is 0 Å². The van der Waals surface area contributed by atoms with Crippen molar-refractivity contribution >= 4 is 29.2 Å². The van der Waals surface area contributed by atoms with E-state index in [0.717, 1.165) is 0 Å². The van der Waals surface area contributed by atoms with Crippen LogP contribution in [-0.4, -0.2) is 38.3 Å². The number of hydrogen-bond acceptors (Lipinski definition) is 5. The molecular weight excluding hydrogens is 362 g/mol. The molecule has 7 nitrogen and oxygen atoms in total. The fourth-order valence-electron chi connectivity index (χ4n) is 2.35. The predicted molar refractivity (Wildman–Crippen MR) is 96.8 cm³/mol. The SMILES string of the molecule is COc1ccc(CC(=O)Nc2cc(OC)c(C(=O)O)cc2Cl)c(OC)c1. The molecule has 0 saturated heterocycles. The number of halogens is 1. The van der Waals surface area contributed by atoms with Crippen molar-refractivity contribution in [2.75, 3.05) is 26.6 Å². The zero-order chi connectivity index (χ0) is 19.3. The molecule has 0 aromatic heterocycles. The van der Waals surface area contributed by atoms with E-state index >= 15 is 0 Å². The van der Waals surface area contributed by atoms with Crippen molar-refractivity contribution in [3.05, 3.63) is 46.5 Å². The number of nitrogens with one attached hydrogen (secondary N) is 1. The lowest BCUT2D eigenvalue weighted by Gasteiger charge is -2.13. The van der Waals surface area contributed by atoms with Gasteiger partial charge in [-0.3, -0.25) is 4.79 Å². The summed E-state index contributed by atoms with van der Waals surface area (Å²) >= 11 is 6.07. The second kappa shape index (κ2) is 8.44. The Morgan fingerprint density at radius 2 is 1.73 bits per heavy atom. The highest BCUT2D eigenvalue weighted by atomic mass is 35.5. The van der Waals surface area contributed by atoms with Gasteiger partial charge in [0, 0.05) is 17.7 Å². The Morgan fingerprint density at radius 3 is 2.31 bits per heavy atom. The van der Waals surface area contributed by atoms with Crippen molar-refractivity contribution in [2.24, 2.45) is 0 Å². The van der Waals surface area contributed by atoms with Gasteiger partial charge in [-0.05, 0) is 12.1 Å². The molecule has 2 N–H and O–H groups in total. The van der Waals surface area contributed by atoms with Gasteiger partial charge < -0.3 is 24.6 Å². The third-order valence-electron chi connectivity index (χ3n) is 3.64. The van der Waals surface area contributed by atoms with Crippen LogP contribution in [0.5, 0.6) is 17.2 Å². The summed E-state index contributed by atoms with van der Waals surface area (Å²) < 4.78 is 15.4. The maximum Gasteiger partial charge on any atom is 0.339 e. The normalized spacial score (nSPS) is 10.2. The number of carboxylic acids is 1. The lowest BCUT2D eigenvalue weighted by atomic mass is 10.1. The van der Waals surface area contributed by atoms with Crippen LogP contribution in [0.3, 0.4) is 0 Å². The number of carboxylic acid groups (broad SMARTS) is 1. The number of amides is 1. The van der Waals surface area contributed by atoms with Crippen molar-refractivity contribution in [1.82, 2.24) is 0 Å². The highest BCUT2D eigenvalue weighted by Crippen LogP contribution is 2.31. The van der Waals surface area contributed by atoms with Gasteiger partial charge in [0.25, 0.3) is 0 Å². The largest absolute Gasteiger partial charge is 0.497 e. The number of rotatable bonds is 7. The third-order valence-corrected chi connectivity index (χ3v) is 3.95. The van der Waals surface area contributed by atoms with Crippen LogP contribution in [0.15, 0.2) is 30.3 Å². The van der Waals surface area contributed by atoms with E-state index in [-0.39, 0.29) is 34.4 Å². The lowest BCUT2D eigenvalue weighted by Crippen LogP contribution is -2.15. The Kier molecular flexibility index (Phi) is 6.30. The number of hydrogen-bond donors (Lipinski definition) is 2. The van der Waals surface area contributed by atoms with Crippen LogP contribution in [0.4, 0.5) is 5.69 Å². The molecule has 0 spiro atoms. The average Bonchev–Trinajstić information content (AvgIpc) is 2.63. The van der Waals surface area contributed by atoms with Gasteiger partial charge in [-0.1, -0.05) is 17.7 Å². The fraction of sp³-hybridized carbons (Fsp3) is 0.222. The van der Waals surface area contributed by atoms with Gasteiger partial charge in [0.2, 0.25) is 5.91 Å². The average molecular weight is 380 g/mol. The maximum absolute atomic E-state index is 12.4. The summed E-state index contributed by atoms with van der Waals surface area (Å²) in [7, 11) is 4.38. The molecule has 26 heavy (non-hydrogen) atoms. The summed E-state index contributed by atoms with van der Waals surface area (Å²) in [6.45, 7) is 0. The smallest absolute Gasteiger partial charge is 0.339 e. The van der Waals surface area contributed by atoms with Crippen molar-refractivity contribution in [3.8, 4) is 17.2 Å². The second-order valence-electron chi connectivity index (χ2n) is 5.24. The zero-order valence-corrected chi connectivity index (χ0v) is 15.2. The van der Waals surface area contributed by atoms with Gasteiger partial charge in [-0.25, -0.2) is 4.79 Å². The Labute approximate surface area is 155 Å². The highest BCUT2D eigenvalue weighted by Gasteiger charge is 2.17. The van der Waals surface area contributed by atoms with Gasteiger partial charge in [-0.15, -0.1) is 0 Å². The van der Waals surface area contributed by atoms with Crippen molar-refractivity contribution in [3.63, 3.8) is 0 Å². The Balaban J connectivity index is 2.22. The lowest BCUT2D eigenvalue weighted by molar-refractivity contribution is -0.115. The highest BCUT2D eigenvalue weighted by molar-refractivity contribution is 6.34. The summed E-state index contributed by atoms with van der Waals surface area (Å²) in [5, 5.41) is 11.9. The molecule has 138 valence electrons. The molecule has 2 aromatic carbocycles. The number of benzene rings is 2. The van der Waals surface area contributed by atoms with Crippen LogP contribution >= 0.6 is 11.6 Å². The molecular formula is C18H18ClNO6. The van der Waals surface area contributed by atoms with E-state index in [1.54, 1.807) is 18.2 Å². The summed E-state index contributed by atoms with van der Waals surface area (Å²) in [5.74, 6) is -0.295. The topological polar surface area (TPSA) is 94.1 Å². The molecule has 0 aliphatic rings. The molecule has 0 radical (unpaired) electrons. The summed E-state index contributed by atoms with van der Waals surface area (Å²) in [4.78, 5) is 23.5. The van der Waals surface area contributed by atoms with E-state index in [2.05, 4.69) is 5.32 Å². The van der Waals surface area contributed by atoms with Crippen LogP contribution in [0.1, 0.15) is 15.9 Å². The Morgan fingerprint density at radius 1 is 1.04 bits per heavy atom. The molecule has 0 aliphatic carbocycles. The Hall–Kier alpha value is -2.93. The number of ether oxygens (including phenoxy) is 3. The molecule has 0 fully saturated rings. The number of carbonyl (C=O) groups is 2. The fourth-order valence-corrected chi connectivity index (χ4v) is 2.56. The molecule has 0 saturated carbocycles. The summed E-state index contributed by atoms with van der Waals surface area (Å²) in [6.07, 6.45) is 0.0342. The molecule has 0 bridgehead atoms. The predicted octanol–water partition coefficient (Wildman–Crippen LogP) is 3.25. The van der Waals surface area contributed by atoms with E-state index in [1.807, 2.05) is 0 Å². The van der Waals surface area contributed by atoms with Gasteiger partial charge in [-0.2, -0.15) is 0 Å². The molecule has 0 unspecified atom stereocenters. The summed E-state index contributed by atoms with van der Waals surface area (Å²) in [6, 6.07) is 7.73. The first-order chi connectivity index (χ1) is 12.4. The molecule has 2 rings (SSSR count). The zero-order valence-electron chi connectivity index (χ0n) is 14.5.